The molecule has 0 bridgehead atoms. The smallest absolute Gasteiger partial charge is 0.336 e. The van der Waals surface area contributed by atoms with E-state index in [0.29, 0.717) is 44.5 Å². The fraction of sp³-hybridized carbons (Fsp3) is 0.292. The van der Waals surface area contributed by atoms with Gasteiger partial charge in [0.1, 0.15) is 29.4 Å². The number of anilines is 1. The van der Waals surface area contributed by atoms with Gasteiger partial charge >= 0.3 is 11.6 Å². The molecule has 1 aromatic heterocycles. The first-order valence-electron chi connectivity index (χ1n) is 10.3. The van der Waals surface area contributed by atoms with Crippen LogP contribution in [0.4, 0.5) is 5.69 Å². The Bertz CT molecular complexity index is 1320. The van der Waals surface area contributed by atoms with Crippen LogP contribution in [0, 0.1) is 5.92 Å². The number of fused-ring (bicyclic) bond motifs is 1. The van der Waals surface area contributed by atoms with E-state index < -0.39 is 17.5 Å². The van der Waals surface area contributed by atoms with Gasteiger partial charge in [0.05, 0.1) is 38.0 Å². The van der Waals surface area contributed by atoms with Crippen LogP contribution in [0.2, 0.25) is 5.02 Å². The highest BCUT2D eigenvalue weighted by molar-refractivity contribution is 6.32. The molecule has 0 spiro atoms. The van der Waals surface area contributed by atoms with Gasteiger partial charge in [-0.25, -0.2) is 4.79 Å². The maximum absolute atomic E-state index is 12.8. The van der Waals surface area contributed by atoms with Gasteiger partial charge in [0.25, 0.3) is 0 Å². The molecule has 1 atom stereocenters. The van der Waals surface area contributed by atoms with E-state index in [1.54, 1.807) is 30.3 Å². The number of hydrogen-bond acceptors (Lipinski definition) is 8. The van der Waals surface area contributed by atoms with Gasteiger partial charge in [-0.15, -0.1) is 0 Å². The van der Waals surface area contributed by atoms with Crippen molar-refractivity contribution in [1.29, 1.82) is 0 Å². The second kappa shape index (κ2) is 9.64. The molecule has 178 valence electrons. The van der Waals surface area contributed by atoms with Crippen molar-refractivity contribution in [1.82, 2.24) is 0 Å². The minimum atomic E-state index is -0.690. The second-order valence-electron chi connectivity index (χ2n) is 7.62. The van der Waals surface area contributed by atoms with Gasteiger partial charge in [-0.2, -0.15) is 0 Å². The van der Waals surface area contributed by atoms with Crippen molar-refractivity contribution in [2.45, 2.75) is 13.0 Å². The number of carbonyl (C=O) groups is 2. The molecule has 0 unspecified atom stereocenters. The van der Waals surface area contributed by atoms with Crippen molar-refractivity contribution >= 4 is 40.1 Å². The Kier molecular flexibility index (Phi) is 6.65. The monoisotopic (exact) mass is 487 g/mol. The molecule has 0 N–H and O–H groups in total. The standard InChI is InChI=1S/C24H22ClNO8/c1-30-15-4-5-16-14(7-23(28)34-19(16)8-15)12-33-24(29)13-6-22(27)26(11-13)18-9-17(25)20(31-2)10-21(18)32-3/h4-5,7-10,13H,6,11-12H2,1-3H3/t13-/m0/s1. The number of methoxy groups -OCH3 is 3. The highest BCUT2D eigenvalue weighted by atomic mass is 35.5. The Hall–Kier alpha value is -3.72. The number of ether oxygens (including phenoxy) is 4. The van der Waals surface area contributed by atoms with E-state index in [1.165, 1.54) is 32.3 Å². The quantitative estimate of drug-likeness (QED) is 0.368. The topological polar surface area (TPSA) is 105 Å². The summed E-state index contributed by atoms with van der Waals surface area (Å²) in [6.07, 6.45) is -0.0273. The van der Waals surface area contributed by atoms with Crippen molar-refractivity contribution in [2.24, 2.45) is 5.92 Å². The summed E-state index contributed by atoms with van der Waals surface area (Å²) in [5, 5.41) is 0.929. The molecule has 3 aromatic rings. The predicted octanol–water partition coefficient (Wildman–Crippen LogP) is 3.57. The minimum Gasteiger partial charge on any atom is -0.497 e. The third kappa shape index (κ3) is 4.51. The summed E-state index contributed by atoms with van der Waals surface area (Å²) < 4.78 is 26.4. The molecule has 1 saturated heterocycles. The van der Waals surface area contributed by atoms with Crippen LogP contribution >= 0.6 is 11.6 Å². The third-order valence-corrected chi connectivity index (χ3v) is 5.91. The number of benzene rings is 2. The van der Waals surface area contributed by atoms with Crippen LogP contribution in [-0.2, 0) is 20.9 Å². The van der Waals surface area contributed by atoms with Gasteiger partial charge in [-0.3, -0.25) is 9.59 Å². The summed E-state index contributed by atoms with van der Waals surface area (Å²) in [7, 11) is 4.45. The normalized spacial score (nSPS) is 15.5. The fourth-order valence-corrected chi connectivity index (χ4v) is 4.11. The number of halogens is 1. The third-order valence-electron chi connectivity index (χ3n) is 5.61. The van der Waals surface area contributed by atoms with E-state index in [4.69, 9.17) is 35.0 Å². The summed E-state index contributed by atoms with van der Waals surface area (Å²) in [6.45, 7) is -0.0405. The maximum atomic E-state index is 12.8. The summed E-state index contributed by atoms with van der Waals surface area (Å²) in [5.74, 6) is -0.180. The highest BCUT2D eigenvalue weighted by Gasteiger charge is 2.37. The second-order valence-corrected chi connectivity index (χ2v) is 8.03. The lowest BCUT2D eigenvalue weighted by Crippen LogP contribution is -2.27. The molecule has 2 heterocycles. The Morgan fingerprint density at radius 3 is 2.53 bits per heavy atom. The molecule has 10 heteroatoms. The maximum Gasteiger partial charge on any atom is 0.336 e. The molecule has 1 aliphatic rings. The number of esters is 1. The highest BCUT2D eigenvalue weighted by Crippen LogP contribution is 2.40. The summed E-state index contributed by atoms with van der Waals surface area (Å²) in [5.41, 5.74) is 0.683. The van der Waals surface area contributed by atoms with Crippen molar-refractivity contribution in [3.8, 4) is 17.2 Å². The first-order chi connectivity index (χ1) is 16.3. The fourth-order valence-electron chi connectivity index (χ4n) is 3.88. The van der Waals surface area contributed by atoms with E-state index in [-0.39, 0.29) is 25.5 Å². The molecule has 4 rings (SSSR count). The number of amides is 1. The molecule has 1 amide bonds. The molecule has 0 radical (unpaired) electrons. The molecule has 34 heavy (non-hydrogen) atoms. The van der Waals surface area contributed by atoms with E-state index in [2.05, 4.69) is 0 Å². The van der Waals surface area contributed by atoms with E-state index in [9.17, 15) is 14.4 Å². The average Bonchev–Trinajstić information content (AvgIpc) is 3.22. The largest absolute Gasteiger partial charge is 0.497 e. The van der Waals surface area contributed by atoms with Crippen molar-refractivity contribution < 1.29 is 33.0 Å². The SMILES string of the molecule is COc1ccc2c(COC(=O)[C@H]3CC(=O)N(c4cc(Cl)c(OC)cc4OC)C3)cc(=O)oc2c1. The van der Waals surface area contributed by atoms with Gasteiger partial charge in [0, 0.05) is 42.1 Å². The molecule has 1 fully saturated rings. The molecule has 2 aromatic carbocycles. The molecular weight excluding hydrogens is 466 g/mol. The predicted molar refractivity (Wildman–Crippen MR) is 124 cm³/mol. The summed E-state index contributed by atoms with van der Waals surface area (Å²) >= 11 is 6.23. The van der Waals surface area contributed by atoms with Gasteiger partial charge < -0.3 is 28.3 Å². The van der Waals surface area contributed by atoms with E-state index in [0.717, 1.165) is 0 Å². The van der Waals surface area contributed by atoms with Crippen LogP contribution < -0.4 is 24.7 Å². The number of carbonyl (C=O) groups excluding carboxylic acids is 2. The van der Waals surface area contributed by atoms with Gasteiger partial charge in [-0.05, 0) is 18.2 Å². The van der Waals surface area contributed by atoms with Crippen LogP contribution in [0.5, 0.6) is 17.2 Å². The van der Waals surface area contributed by atoms with Gasteiger partial charge in [0.2, 0.25) is 5.91 Å². The molecule has 9 nitrogen and oxygen atoms in total. The number of rotatable bonds is 7. The van der Waals surface area contributed by atoms with Crippen molar-refractivity contribution in [2.75, 3.05) is 32.8 Å². The lowest BCUT2D eigenvalue weighted by atomic mass is 10.1. The van der Waals surface area contributed by atoms with Crippen LogP contribution in [0.1, 0.15) is 12.0 Å². The van der Waals surface area contributed by atoms with Crippen molar-refractivity contribution in [3.63, 3.8) is 0 Å². The molecular formula is C24H22ClNO8. The van der Waals surface area contributed by atoms with E-state index in [1.807, 2.05) is 0 Å². The lowest BCUT2D eigenvalue weighted by molar-refractivity contribution is -0.149. The van der Waals surface area contributed by atoms with E-state index >= 15 is 0 Å². The summed E-state index contributed by atoms with van der Waals surface area (Å²) in [4.78, 5) is 38.9. The first-order valence-corrected chi connectivity index (χ1v) is 10.7. The lowest BCUT2D eigenvalue weighted by Gasteiger charge is -2.20. The minimum absolute atomic E-state index is 0.0273. The number of nitrogens with zero attached hydrogens (tertiary/aromatic N) is 1. The van der Waals surface area contributed by atoms with Crippen LogP contribution in [0.25, 0.3) is 11.0 Å². The van der Waals surface area contributed by atoms with Crippen LogP contribution in [0.15, 0.2) is 45.6 Å². The van der Waals surface area contributed by atoms with Gasteiger partial charge in [0.15, 0.2) is 0 Å². The van der Waals surface area contributed by atoms with Crippen molar-refractivity contribution in [3.05, 3.63) is 57.4 Å². The Morgan fingerprint density at radius 1 is 1.06 bits per heavy atom. The van der Waals surface area contributed by atoms with Crippen LogP contribution in [-0.4, -0.2) is 39.8 Å². The Morgan fingerprint density at radius 2 is 1.82 bits per heavy atom. The zero-order valence-electron chi connectivity index (χ0n) is 18.8. The van der Waals surface area contributed by atoms with Gasteiger partial charge in [-0.1, -0.05) is 11.6 Å². The zero-order valence-corrected chi connectivity index (χ0v) is 19.5. The Labute approximate surface area is 199 Å². The molecule has 1 aliphatic heterocycles. The zero-order chi connectivity index (χ0) is 24.4. The average molecular weight is 488 g/mol. The van der Waals surface area contributed by atoms with Crippen LogP contribution in [0.3, 0.4) is 0 Å². The molecule has 0 saturated carbocycles. The summed E-state index contributed by atoms with van der Waals surface area (Å²) in [6, 6.07) is 9.45. The first kappa shape index (κ1) is 23.4. The number of hydrogen-bond donors (Lipinski definition) is 0. The molecule has 0 aliphatic carbocycles. The Balaban J connectivity index is 1.50.